The van der Waals surface area contributed by atoms with Gasteiger partial charge in [-0.05, 0) is 42.5 Å². The van der Waals surface area contributed by atoms with Crippen molar-refractivity contribution < 1.29 is 4.79 Å². The van der Waals surface area contributed by atoms with E-state index < -0.39 is 0 Å². The predicted molar refractivity (Wildman–Crippen MR) is 106 cm³/mol. The summed E-state index contributed by atoms with van der Waals surface area (Å²) in [6.07, 6.45) is 3.53. The van der Waals surface area contributed by atoms with E-state index in [-0.39, 0.29) is 11.9 Å². The first-order valence-corrected chi connectivity index (χ1v) is 10.4. The molecule has 1 aliphatic carbocycles. The van der Waals surface area contributed by atoms with Crippen LogP contribution in [-0.4, -0.2) is 32.5 Å². The van der Waals surface area contributed by atoms with E-state index >= 15 is 0 Å². The fourth-order valence-corrected chi connectivity index (χ4v) is 4.30. The van der Waals surface area contributed by atoms with Crippen LogP contribution in [0.25, 0.3) is 11.4 Å². The van der Waals surface area contributed by atoms with Gasteiger partial charge < -0.3 is 9.88 Å². The SMILES string of the molecule is CC1CCCC(NC(=O)CSc2nnc(-c3ccc(Cl)cc3)n2C)C1C. The molecule has 7 heteroatoms. The van der Waals surface area contributed by atoms with Crippen molar-refractivity contribution in [3.63, 3.8) is 0 Å². The van der Waals surface area contributed by atoms with Gasteiger partial charge in [0.05, 0.1) is 5.75 Å². The van der Waals surface area contributed by atoms with Crippen molar-refractivity contribution in [3.05, 3.63) is 29.3 Å². The molecule has 1 aliphatic rings. The van der Waals surface area contributed by atoms with Gasteiger partial charge in [-0.25, -0.2) is 0 Å². The van der Waals surface area contributed by atoms with E-state index in [0.717, 1.165) is 23.0 Å². The summed E-state index contributed by atoms with van der Waals surface area (Å²) in [5.41, 5.74) is 0.950. The molecule has 26 heavy (non-hydrogen) atoms. The fourth-order valence-electron chi connectivity index (χ4n) is 3.46. The number of hydrogen-bond donors (Lipinski definition) is 1. The molecular formula is C19H25ClN4OS. The number of hydrogen-bond acceptors (Lipinski definition) is 4. The van der Waals surface area contributed by atoms with Crippen molar-refractivity contribution in [1.29, 1.82) is 0 Å². The van der Waals surface area contributed by atoms with Crippen LogP contribution in [0.15, 0.2) is 29.4 Å². The van der Waals surface area contributed by atoms with Gasteiger partial charge in [0.1, 0.15) is 0 Å². The van der Waals surface area contributed by atoms with Crippen LogP contribution in [-0.2, 0) is 11.8 Å². The second-order valence-electron chi connectivity index (χ2n) is 7.10. The summed E-state index contributed by atoms with van der Waals surface area (Å²) in [4.78, 5) is 12.4. The van der Waals surface area contributed by atoms with Crippen molar-refractivity contribution >= 4 is 29.3 Å². The number of rotatable bonds is 5. The van der Waals surface area contributed by atoms with E-state index in [2.05, 4.69) is 29.4 Å². The highest BCUT2D eigenvalue weighted by molar-refractivity contribution is 7.99. The number of nitrogens with zero attached hydrogens (tertiary/aromatic N) is 3. The summed E-state index contributed by atoms with van der Waals surface area (Å²) < 4.78 is 1.91. The van der Waals surface area contributed by atoms with E-state index in [1.807, 2.05) is 35.9 Å². The number of thioether (sulfide) groups is 1. The maximum atomic E-state index is 12.4. The summed E-state index contributed by atoms with van der Waals surface area (Å²) in [6.45, 7) is 4.51. The summed E-state index contributed by atoms with van der Waals surface area (Å²) >= 11 is 7.35. The Labute approximate surface area is 163 Å². The Morgan fingerprint density at radius 2 is 2.00 bits per heavy atom. The Morgan fingerprint density at radius 1 is 1.27 bits per heavy atom. The first-order valence-electron chi connectivity index (χ1n) is 9.03. The molecule has 0 radical (unpaired) electrons. The van der Waals surface area contributed by atoms with Crippen LogP contribution < -0.4 is 5.32 Å². The van der Waals surface area contributed by atoms with Crippen LogP contribution in [0.5, 0.6) is 0 Å². The van der Waals surface area contributed by atoms with Gasteiger partial charge in [0.2, 0.25) is 5.91 Å². The lowest BCUT2D eigenvalue weighted by Crippen LogP contribution is -2.44. The number of benzene rings is 1. The first-order chi connectivity index (χ1) is 12.5. The highest BCUT2D eigenvalue weighted by Crippen LogP contribution is 2.30. The van der Waals surface area contributed by atoms with Crippen molar-refractivity contribution in [2.24, 2.45) is 18.9 Å². The van der Waals surface area contributed by atoms with E-state index in [9.17, 15) is 4.79 Å². The summed E-state index contributed by atoms with van der Waals surface area (Å²) in [7, 11) is 1.91. The van der Waals surface area contributed by atoms with Gasteiger partial charge in [0.25, 0.3) is 0 Å². The minimum Gasteiger partial charge on any atom is -0.352 e. The average molecular weight is 393 g/mol. The van der Waals surface area contributed by atoms with Crippen LogP contribution in [0, 0.1) is 11.8 Å². The standard InChI is InChI=1S/C19H25ClN4OS/c1-12-5-4-6-16(13(12)2)21-17(25)11-26-19-23-22-18(24(19)3)14-7-9-15(20)10-8-14/h7-10,12-13,16H,4-6,11H2,1-3H3,(H,21,25). The Morgan fingerprint density at radius 3 is 2.73 bits per heavy atom. The van der Waals surface area contributed by atoms with Gasteiger partial charge in [0.15, 0.2) is 11.0 Å². The zero-order valence-corrected chi connectivity index (χ0v) is 17.0. The highest BCUT2D eigenvalue weighted by Gasteiger charge is 2.28. The molecule has 0 saturated heterocycles. The lowest BCUT2D eigenvalue weighted by molar-refractivity contribution is -0.120. The minimum atomic E-state index is 0.0667. The van der Waals surface area contributed by atoms with Gasteiger partial charge in [-0.1, -0.05) is 50.1 Å². The Bertz CT molecular complexity index is 761. The molecule has 1 N–H and O–H groups in total. The van der Waals surface area contributed by atoms with Crippen molar-refractivity contribution in [1.82, 2.24) is 20.1 Å². The van der Waals surface area contributed by atoms with E-state index in [1.165, 1.54) is 24.6 Å². The molecule has 1 aromatic heterocycles. The zero-order valence-electron chi connectivity index (χ0n) is 15.4. The molecule has 1 saturated carbocycles. The molecule has 0 aliphatic heterocycles. The largest absolute Gasteiger partial charge is 0.352 e. The first kappa shape index (κ1) is 19.2. The highest BCUT2D eigenvalue weighted by atomic mass is 35.5. The van der Waals surface area contributed by atoms with Crippen LogP contribution >= 0.6 is 23.4 Å². The van der Waals surface area contributed by atoms with E-state index in [1.54, 1.807) is 0 Å². The molecule has 2 aromatic rings. The zero-order chi connectivity index (χ0) is 18.7. The number of carbonyl (C=O) groups is 1. The third kappa shape index (κ3) is 4.41. The molecule has 1 amide bonds. The molecular weight excluding hydrogens is 368 g/mol. The molecule has 0 bridgehead atoms. The molecule has 5 nitrogen and oxygen atoms in total. The minimum absolute atomic E-state index is 0.0667. The molecule has 3 unspecified atom stereocenters. The number of carbonyl (C=O) groups excluding carboxylic acids is 1. The molecule has 3 atom stereocenters. The van der Waals surface area contributed by atoms with Crippen LogP contribution in [0.2, 0.25) is 5.02 Å². The van der Waals surface area contributed by atoms with Gasteiger partial charge in [-0.2, -0.15) is 0 Å². The van der Waals surface area contributed by atoms with E-state index in [0.29, 0.717) is 22.6 Å². The van der Waals surface area contributed by atoms with Crippen LogP contribution in [0.4, 0.5) is 0 Å². The van der Waals surface area contributed by atoms with Crippen LogP contribution in [0.3, 0.4) is 0 Å². The maximum Gasteiger partial charge on any atom is 0.230 e. The maximum absolute atomic E-state index is 12.4. The number of halogens is 1. The van der Waals surface area contributed by atoms with Gasteiger partial charge >= 0.3 is 0 Å². The van der Waals surface area contributed by atoms with Gasteiger partial charge in [-0.3, -0.25) is 4.79 Å². The average Bonchev–Trinajstić information content (AvgIpc) is 2.99. The van der Waals surface area contributed by atoms with Gasteiger partial charge in [0, 0.05) is 23.7 Å². The van der Waals surface area contributed by atoms with Gasteiger partial charge in [-0.15, -0.1) is 10.2 Å². The fraction of sp³-hybridized carbons (Fsp3) is 0.526. The molecule has 1 aromatic carbocycles. The smallest absolute Gasteiger partial charge is 0.230 e. The Balaban J connectivity index is 1.58. The molecule has 140 valence electrons. The predicted octanol–water partition coefficient (Wildman–Crippen LogP) is 4.17. The number of nitrogens with one attached hydrogen (secondary N) is 1. The Kier molecular flexibility index (Phi) is 6.24. The number of amides is 1. The molecule has 3 rings (SSSR count). The summed E-state index contributed by atoms with van der Waals surface area (Å²) in [6, 6.07) is 7.78. The molecule has 0 spiro atoms. The quantitative estimate of drug-likeness (QED) is 0.776. The monoisotopic (exact) mass is 392 g/mol. The third-order valence-electron chi connectivity index (χ3n) is 5.32. The van der Waals surface area contributed by atoms with Crippen LogP contribution in [0.1, 0.15) is 33.1 Å². The topological polar surface area (TPSA) is 59.8 Å². The molecule has 1 heterocycles. The second-order valence-corrected chi connectivity index (χ2v) is 8.48. The second kappa shape index (κ2) is 8.44. The Hall–Kier alpha value is -1.53. The molecule has 1 fully saturated rings. The summed E-state index contributed by atoms with van der Waals surface area (Å²) in [5, 5.41) is 13.1. The van der Waals surface area contributed by atoms with Crippen molar-refractivity contribution in [3.8, 4) is 11.4 Å². The third-order valence-corrected chi connectivity index (χ3v) is 6.60. The lowest BCUT2D eigenvalue weighted by atomic mass is 9.78. The van der Waals surface area contributed by atoms with Crippen molar-refractivity contribution in [2.45, 2.75) is 44.3 Å². The number of aromatic nitrogens is 3. The van der Waals surface area contributed by atoms with E-state index in [4.69, 9.17) is 11.6 Å². The normalized spacial score (nSPS) is 23.0. The lowest BCUT2D eigenvalue weighted by Gasteiger charge is -2.34. The summed E-state index contributed by atoms with van der Waals surface area (Å²) in [5.74, 6) is 2.38. The van der Waals surface area contributed by atoms with Crippen molar-refractivity contribution in [2.75, 3.05) is 5.75 Å².